The third-order valence-corrected chi connectivity index (χ3v) is 7.52. The molecule has 194 valence electrons. The Morgan fingerprint density at radius 3 is 2.53 bits per heavy atom. The van der Waals surface area contributed by atoms with Crippen molar-refractivity contribution in [1.29, 1.82) is 0 Å². The van der Waals surface area contributed by atoms with Gasteiger partial charge in [-0.25, -0.2) is 18.1 Å². The highest BCUT2D eigenvalue weighted by atomic mass is 32.2. The zero-order valence-corrected chi connectivity index (χ0v) is 21.2. The van der Waals surface area contributed by atoms with Gasteiger partial charge in [-0.2, -0.15) is 18.3 Å². The number of hydrogen-bond donors (Lipinski definition) is 2. The van der Waals surface area contributed by atoms with E-state index >= 15 is 0 Å². The molecule has 9 nitrogen and oxygen atoms in total. The molecule has 0 aromatic carbocycles. The van der Waals surface area contributed by atoms with Crippen LogP contribution in [0.15, 0.2) is 41.8 Å². The smallest absolute Gasteiger partial charge is 0.369 e. The monoisotopic (exact) mass is 524 g/mol. The topological polar surface area (TPSA) is 113 Å². The lowest BCUT2D eigenvalue weighted by atomic mass is 9.96. The first-order chi connectivity index (χ1) is 16.6. The first kappa shape index (κ1) is 26.0. The first-order valence-corrected chi connectivity index (χ1v) is 12.6. The molecule has 1 aliphatic heterocycles. The van der Waals surface area contributed by atoms with Crippen LogP contribution in [-0.2, 0) is 22.1 Å². The molecule has 0 fully saturated rings. The Labute approximate surface area is 207 Å². The third kappa shape index (κ3) is 4.82. The molecule has 36 heavy (non-hydrogen) atoms. The van der Waals surface area contributed by atoms with Crippen molar-refractivity contribution in [2.75, 3.05) is 4.90 Å². The van der Waals surface area contributed by atoms with Gasteiger partial charge in [-0.15, -0.1) is 0 Å². The molecule has 4 rings (SSSR count). The number of halogens is 3. The standard InChI is InChI=1S/C23H27F3N6O3S/c1-13(2)30-36(34,35)17-7-15(8-27-10-17)18-6-14(3)19-20(29-18)22(4,5)32(21(19)33)16-9-28-31(11-16)12-23(24,25)26/h6-11,13,21,30,33H,12H2,1-5H3. The van der Waals surface area contributed by atoms with Crippen LogP contribution in [-0.4, -0.2) is 45.5 Å². The summed E-state index contributed by atoms with van der Waals surface area (Å²) in [7, 11) is -3.78. The van der Waals surface area contributed by atoms with E-state index in [2.05, 4.69) is 14.8 Å². The maximum Gasteiger partial charge on any atom is 0.408 e. The highest BCUT2D eigenvalue weighted by Gasteiger charge is 2.46. The molecule has 0 bridgehead atoms. The van der Waals surface area contributed by atoms with E-state index in [-0.39, 0.29) is 10.9 Å². The lowest BCUT2D eigenvalue weighted by Crippen LogP contribution is -2.38. The fraction of sp³-hybridized carbons (Fsp3) is 0.435. The lowest BCUT2D eigenvalue weighted by Gasteiger charge is -2.34. The predicted octanol–water partition coefficient (Wildman–Crippen LogP) is 3.64. The number of aliphatic hydroxyl groups is 1. The molecule has 4 heterocycles. The number of nitrogens with zero attached hydrogens (tertiary/aromatic N) is 5. The van der Waals surface area contributed by atoms with Gasteiger partial charge in [-0.1, -0.05) is 0 Å². The molecule has 1 atom stereocenters. The van der Waals surface area contributed by atoms with Crippen molar-refractivity contribution in [3.8, 4) is 11.3 Å². The van der Waals surface area contributed by atoms with E-state index in [0.717, 1.165) is 4.68 Å². The van der Waals surface area contributed by atoms with Crippen LogP contribution in [0.3, 0.4) is 0 Å². The Kier molecular flexibility index (Phi) is 6.38. The first-order valence-electron chi connectivity index (χ1n) is 11.2. The summed E-state index contributed by atoms with van der Waals surface area (Å²) >= 11 is 0. The van der Waals surface area contributed by atoms with Crippen LogP contribution in [0.25, 0.3) is 11.3 Å². The molecular formula is C23H27F3N6O3S. The third-order valence-electron chi connectivity index (χ3n) is 5.90. The van der Waals surface area contributed by atoms with Crippen LogP contribution < -0.4 is 9.62 Å². The van der Waals surface area contributed by atoms with E-state index in [9.17, 15) is 26.7 Å². The summed E-state index contributed by atoms with van der Waals surface area (Å²) < 4.78 is 67.0. The van der Waals surface area contributed by atoms with Crippen LogP contribution in [0, 0.1) is 6.92 Å². The molecule has 1 unspecified atom stereocenters. The highest BCUT2D eigenvalue weighted by Crippen LogP contribution is 2.48. The molecule has 0 saturated heterocycles. The van der Waals surface area contributed by atoms with E-state index in [0.29, 0.717) is 33.8 Å². The number of aryl methyl sites for hydroxylation is 1. The molecule has 0 radical (unpaired) electrons. The molecule has 0 aliphatic carbocycles. The Bertz CT molecular complexity index is 1400. The number of anilines is 1. The summed E-state index contributed by atoms with van der Waals surface area (Å²) in [6, 6.07) is 2.90. The van der Waals surface area contributed by atoms with Crippen LogP contribution in [0.2, 0.25) is 0 Å². The average Bonchev–Trinajstić information content (AvgIpc) is 3.25. The Hall–Kier alpha value is -3.03. The maximum absolute atomic E-state index is 12.8. The number of rotatable bonds is 6. The van der Waals surface area contributed by atoms with Crippen molar-refractivity contribution in [2.24, 2.45) is 0 Å². The van der Waals surface area contributed by atoms with Gasteiger partial charge < -0.3 is 10.0 Å². The number of aliphatic hydroxyl groups excluding tert-OH is 1. The summed E-state index contributed by atoms with van der Waals surface area (Å²) in [5.41, 5.74) is 2.05. The van der Waals surface area contributed by atoms with Crippen molar-refractivity contribution < 1.29 is 26.7 Å². The average molecular weight is 525 g/mol. The second-order valence-electron chi connectivity index (χ2n) is 9.59. The second-order valence-corrected chi connectivity index (χ2v) is 11.3. The number of sulfonamides is 1. The molecule has 0 spiro atoms. The largest absolute Gasteiger partial charge is 0.408 e. The van der Waals surface area contributed by atoms with Crippen molar-refractivity contribution in [1.82, 2.24) is 24.5 Å². The zero-order chi connectivity index (χ0) is 26.6. The minimum absolute atomic E-state index is 0.00773. The number of fused-ring (bicyclic) bond motifs is 1. The van der Waals surface area contributed by atoms with Crippen LogP contribution in [0.4, 0.5) is 18.9 Å². The van der Waals surface area contributed by atoms with Gasteiger partial charge in [0.05, 0.1) is 28.8 Å². The van der Waals surface area contributed by atoms with Crippen LogP contribution >= 0.6 is 0 Å². The number of alkyl halides is 3. The van der Waals surface area contributed by atoms with Gasteiger partial charge in [0, 0.05) is 35.8 Å². The van der Waals surface area contributed by atoms with E-state index in [4.69, 9.17) is 4.98 Å². The molecule has 1 aliphatic rings. The summed E-state index contributed by atoms with van der Waals surface area (Å²) in [6.07, 6.45) is -0.332. The van der Waals surface area contributed by atoms with Gasteiger partial charge in [0.1, 0.15) is 11.4 Å². The molecule has 3 aromatic rings. The van der Waals surface area contributed by atoms with Gasteiger partial charge in [0.15, 0.2) is 6.23 Å². The quantitative estimate of drug-likeness (QED) is 0.506. The summed E-state index contributed by atoms with van der Waals surface area (Å²) in [6.45, 7) is 7.56. The van der Waals surface area contributed by atoms with Crippen molar-refractivity contribution >= 4 is 15.7 Å². The predicted molar refractivity (Wildman–Crippen MR) is 126 cm³/mol. The fourth-order valence-corrected chi connectivity index (χ4v) is 5.71. The molecule has 13 heteroatoms. The minimum atomic E-state index is -4.43. The zero-order valence-electron chi connectivity index (χ0n) is 20.4. The van der Waals surface area contributed by atoms with Crippen molar-refractivity contribution in [2.45, 2.75) is 70.0 Å². The second kappa shape index (κ2) is 8.82. The molecular weight excluding hydrogens is 497 g/mol. The molecule has 3 aromatic heterocycles. The number of aromatic nitrogens is 4. The lowest BCUT2D eigenvalue weighted by molar-refractivity contribution is -0.142. The minimum Gasteiger partial charge on any atom is -0.369 e. The van der Waals surface area contributed by atoms with Crippen LogP contribution in [0.5, 0.6) is 0 Å². The number of pyridine rings is 2. The Balaban J connectivity index is 1.75. The Morgan fingerprint density at radius 2 is 1.89 bits per heavy atom. The summed E-state index contributed by atoms with van der Waals surface area (Å²) in [4.78, 5) is 10.4. The van der Waals surface area contributed by atoms with Gasteiger partial charge in [0.25, 0.3) is 0 Å². The normalized spacial score (nSPS) is 17.6. The molecule has 0 amide bonds. The van der Waals surface area contributed by atoms with Gasteiger partial charge in [-0.3, -0.25) is 9.67 Å². The van der Waals surface area contributed by atoms with E-state index < -0.39 is 34.5 Å². The highest BCUT2D eigenvalue weighted by molar-refractivity contribution is 7.89. The van der Waals surface area contributed by atoms with E-state index in [1.165, 1.54) is 30.9 Å². The summed E-state index contributed by atoms with van der Waals surface area (Å²) in [5.74, 6) is 0. The number of nitrogens with one attached hydrogen (secondary N) is 1. The number of hydrogen-bond acceptors (Lipinski definition) is 7. The van der Waals surface area contributed by atoms with E-state index in [1.54, 1.807) is 45.6 Å². The van der Waals surface area contributed by atoms with Crippen molar-refractivity contribution in [3.63, 3.8) is 0 Å². The Morgan fingerprint density at radius 1 is 1.19 bits per heavy atom. The SMILES string of the molecule is Cc1cc(-c2cncc(S(=O)(=O)NC(C)C)c2)nc2c1C(O)N(c1cnn(CC(F)(F)F)c1)C2(C)C. The summed E-state index contributed by atoms with van der Waals surface area (Å²) in [5, 5.41) is 15.0. The molecule has 0 saturated carbocycles. The van der Waals surface area contributed by atoms with Gasteiger partial charge in [0.2, 0.25) is 10.0 Å². The van der Waals surface area contributed by atoms with Crippen LogP contribution in [0.1, 0.15) is 50.7 Å². The molecule has 2 N–H and O–H groups in total. The van der Waals surface area contributed by atoms with E-state index in [1.807, 2.05) is 0 Å². The van der Waals surface area contributed by atoms with Gasteiger partial charge in [-0.05, 0) is 52.3 Å². The fourth-order valence-electron chi connectivity index (χ4n) is 4.47. The van der Waals surface area contributed by atoms with Gasteiger partial charge >= 0.3 is 6.18 Å². The van der Waals surface area contributed by atoms with Crippen molar-refractivity contribution in [3.05, 3.63) is 53.7 Å². The maximum atomic E-state index is 12.8.